The zero-order valence-corrected chi connectivity index (χ0v) is 6.95. The normalized spacial score (nSPS) is 7.00. The van der Waals surface area contributed by atoms with Gasteiger partial charge in [0.15, 0.2) is 5.78 Å². The van der Waals surface area contributed by atoms with Crippen LogP contribution in [0.25, 0.3) is 0 Å². The van der Waals surface area contributed by atoms with Crippen molar-refractivity contribution >= 4 is 18.4 Å². The summed E-state index contributed by atoms with van der Waals surface area (Å²) in [5.41, 5.74) is 0. The van der Waals surface area contributed by atoms with Crippen LogP contribution in [-0.2, 0) is 4.79 Å². The standard InChI is InChI=1S/C4H6O.C3H8S/c1-3-4(2)5;1-2-3-4/h3H,1H2,2H3;4H,2-3H2,1H3. The van der Waals surface area contributed by atoms with Gasteiger partial charge >= 0.3 is 0 Å². The van der Waals surface area contributed by atoms with Gasteiger partial charge in [0.25, 0.3) is 0 Å². The fourth-order valence-electron chi connectivity index (χ4n) is 0. The van der Waals surface area contributed by atoms with E-state index in [9.17, 15) is 4.79 Å². The van der Waals surface area contributed by atoms with Crippen molar-refractivity contribution in [1.82, 2.24) is 0 Å². The van der Waals surface area contributed by atoms with E-state index in [4.69, 9.17) is 0 Å². The number of hydrogen-bond acceptors (Lipinski definition) is 2. The summed E-state index contributed by atoms with van der Waals surface area (Å²) < 4.78 is 0. The number of thiol groups is 1. The number of rotatable bonds is 2. The third-order valence-electron chi connectivity index (χ3n) is 0.511. The van der Waals surface area contributed by atoms with Crippen LogP contribution in [-0.4, -0.2) is 11.5 Å². The van der Waals surface area contributed by atoms with E-state index in [-0.39, 0.29) is 5.78 Å². The van der Waals surface area contributed by atoms with Gasteiger partial charge in [-0.15, -0.1) is 0 Å². The van der Waals surface area contributed by atoms with Gasteiger partial charge in [-0.2, -0.15) is 12.6 Å². The van der Waals surface area contributed by atoms with Crippen LogP contribution in [0.3, 0.4) is 0 Å². The van der Waals surface area contributed by atoms with Crippen molar-refractivity contribution in [2.24, 2.45) is 0 Å². The zero-order chi connectivity index (χ0) is 7.70. The molecular formula is C7H14OS. The second-order valence-corrected chi connectivity index (χ2v) is 1.99. The monoisotopic (exact) mass is 146 g/mol. The molecule has 0 spiro atoms. The lowest BCUT2D eigenvalue weighted by Crippen LogP contribution is -1.74. The summed E-state index contributed by atoms with van der Waals surface area (Å²) in [6, 6.07) is 0. The molecule has 0 fully saturated rings. The van der Waals surface area contributed by atoms with Crippen molar-refractivity contribution in [1.29, 1.82) is 0 Å². The van der Waals surface area contributed by atoms with Crippen LogP contribution in [0.15, 0.2) is 12.7 Å². The molecule has 54 valence electrons. The molecule has 0 aliphatic rings. The Morgan fingerprint density at radius 2 is 2.00 bits per heavy atom. The van der Waals surface area contributed by atoms with E-state index in [0.29, 0.717) is 0 Å². The molecule has 0 saturated carbocycles. The SMILES string of the molecule is C=CC(C)=O.CCCS. The molecule has 0 amide bonds. The van der Waals surface area contributed by atoms with Gasteiger partial charge in [-0.05, 0) is 25.2 Å². The molecule has 0 unspecified atom stereocenters. The first-order valence-electron chi connectivity index (χ1n) is 2.92. The molecule has 0 radical (unpaired) electrons. The molecule has 0 heterocycles. The average Bonchev–Trinajstić information content (AvgIpc) is 1.89. The van der Waals surface area contributed by atoms with Crippen molar-refractivity contribution < 1.29 is 4.79 Å². The van der Waals surface area contributed by atoms with Crippen molar-refractivity contribution in [2.75, 3.05) is 5.75 Å². The molecule has 0 saturated heterocycles. The Labute approximate surface area is 62.6 Å². The first-order chi connectivity index (χ1) is 4.18. The van der Waals surface area contributed by atoms with Crippen molar-refractivity contribution in [3.05, 3.63) is 12.7 Å². The van der Waals surface area contributed by atoms with Crippen molar-refractivity contribution in [3.8, 4) is 0 Å². The highest BCUT2D eigenvalue weighted by atomic mass is 32.1. The minimum atomic E-state index is 0.0185. The molecule has 0 aliphatic carbocycles. The van der Waals surface area contributed by atoms with Crippen LogP contribution in [0, 0.1) is 0 Å². The number of carbonyl (C=O) groups excluding carboxylic acids is 1. The second-order valence-electron chi connectivity index (χ2n) is 1.54. The first-order valence-corrected chi connectivity index (χ1v) is 3.56. The minimum absolute atomic E-state index is 0.0185. The molecule has 0 aromatic heterocycles. The Morgan fingerprint density at radius 1 is 1.78 bits per heavy atom. The predicted molar refractivity (Wildman–Crippen MR) is 45.0 cm³/mol. The second kappa shape index (κ2) is 10.7. The number of allylic oxidation sites excluding steroid dienone is 1. The van der Waals surface area contributed by atoms with E-state index in [1.54, 1.807) is 0 Å². The number of hydrogen-bond donors (Lipinski definition) is 1. The summed E-state index contributed by atoms with van der Waals surface area (Å²) >= 11 is 3.92. The summed E-state index contributed by atoms with van der Waals surface area (Å²) in [4.78, 5) is 9.69. The summed E-state index contributed by atoms with van der Waals surface area (Å²) in [5.74, 6) is 1.03. The molecule has 2 heteroatoms. The highest BCUT2D eigenvalue weighted by Crippen LogP contribution is 1.74. The summed E-state index contributed by atoms with van der Waals surface area (Å²) in [5, 5.41) is 0. The zero-order valence-electron chi connectivity index (χ0n) is 6.05. The largest absolute Gasteiger partial charge is 0.295 e. The molecule has 0 bridgehead atoms. The number of carbonyl (C=O) groups is 1. The van der Waals surface area contributed by atoms with Gasteiger partial charge in [0, 0.05) is 0 Å². The molecule has 0 N–H and O–H groups in total. The van der Waals surface area contributed by atoms with Gasteiger partial charge in [0.2, 0.25) is 0 Å². The predicted octanol–water partition coefficient (Wildman–Crippen LogP) is 2.09. The number of ketones is 1. The molecule has 9 heavy (non-hydrogen) atoms. The third-order valence-corrected chi connectivity index (χ3v) is 0.958. The van der Waals surface area contributed by atoms with Crippen LogP contribution in [0.4, 0.5) is 0 Å². The van der Waals surface area contributed by atoms with Crippen LogP contribution in [0.2, 0.25) is 0 Å². The topological polar surface area (TPSA) is 17.1 Å². The van der Waals surface area contributed by atoms with Crippen LogP contribution in [0.5, 0.6) is 0 Å². The van der Waals surface area contributed by atoms with Gasteiger partial charge in [-0.25, -0.2) is 0 Å². The molecule has 0 aromatic carbocycles. The van der Waals surface area contributed by atoms with E-state index >= 15 is 0 Å². The van der Waals surface area contributed by atoms with Crippen molar-refractivity contribution in [2.45, 2.75) is 20.3 Å². The molecule has 0 atom stereocenters. The summed E-state index contributed by atoms with van der Waals surface area (Å²) in [7, 11) is 0. The highest BCUT2D eigenvalue weighted by molar-refractivity contribution is 7.80. The molecule has 0 aromatic rings. The van der Waals surface area contributed by atoms with Crippen LogP contribution >= 0.6 is 12.6 Å². The van der Waals surface area contributed by atoms with Gasteiger partial charge in [0.1, 0.15) is 0 Å². The Morgan fingerprint density at radius 3 is 2.00 bits per heavy atom. The van der Waals surface area contributed by atoms with Gasteiger partial charge in [-0.1, -0.05) is 13.5 Å². The van der Waals surface area contributed by atoms with Crippen LogP contribution < -0.4 is 0 Å². The molecule has 1 nitrogen and oxygen atoms in total. The fourth-order valence-corrected chi connectivity index (χ4v) is 0. The van der Waals surface area contributed by atoms with Crippen molar-refractivity contribution in [3.63, 3.8) is 0 Å². The Kier molecular flexibility index (Phi) is 13.7. The van der Waals surface area contributed by atoms with Crippen LogP contribution in [0.1, 0.15) is 20.3 Å². The molecule has 0 aliphatic heterocycles. The first kappa shape index (κ1) is 11.5. The van der Waals surface area contributed by atoms with Gasteiger partial charge in [0.05, 0.1) is 0 Å². The van der Waals surface area contributed by atoms with E-state index in [0.717, 1.165) is 5.75 Å². The molecule has 0 rings (SSSR count). The smallest absolute Gasteiger partial charge is 0.152 e. The maximum atomic E-state index is 9.69. The van der Waals surface area contributed by atoms with Gasteiger partial charge < -0.3 is 0 Å². The highest BCUT2D eigenvalue weighted by Gasteiger charge is 1.69. The quantitative estimate of drug-likeness (QED) is 0.466. The van der Waals surface area contributed by atoms with E-state index in [2.05, 4.69) is 26.1 Å². The summed E-state index contributed by atoms with van der Waals surface area (Å²) in [6.07, 6.45) is 2.46. The van der Waals surface area contributed by atoms with Gasteiger partial charge in [-0.3, -0.25) is 4.79 Å². The van der Waals surface area contributed by atoms with E-state index in [1.807, 2.05) is 0 Å². The lowest BCUT2D eigenvalue weighted by molar-refractivity contribution is -0.112. The lowest BCUT2D eigenvalue weighted by Gasteiger charge is -1.67. The third kappa shape index (κ3) is 33.8. The lowest BCUT2D eigenvalue weighted by atomic mass is 10.5. The maximum Gasteiger partial charge on any atom is 0.152 e. The van der Waals surface area contributed by atoms with E-state index < -0.39 is 0 Å². The molecular weight excluding hydrogens is 132 g/mol. The average molecular weight is 146 g/mol. The Bertz CT molecular complexity index is 77.0. The Balaban J connectivity index is 0. The minimum Gasteiger partial charge on any atom is -0.295 e. The maximum absolute atomic E-state index is 9.69. The Hall–Kier alpha value is -0.240. The van der Waals surface area contributed by atoms with E-state index in [1.165, 1.54) is 19.4 Å². The fraction of sp³-hybridized carbons (Fsp3) is 0.571. The summed E-state index contributed by atoms with van der Waals surface area (Å²) in [6.45, 7) is 6.78.